The zero-order valence-electron chi connectivity index (χ0n) is 14.2. The van der Waals surface area contributed by atoms with E-state index in [1.807, 2.05) is 6.07 Å². The first-order valence-electron chi connectivity index (χ1n) is 7.69. The number of rotatable bonds is 5. The summed E-state index contributed by atoms with van der Waals surface area (Å²) < 4.78 is 9.92. The molecule has 0 aliphatic rings. The van der Waals surface area contributed by atoms with Crippen molar-refractivity contribution in [1.82, 2.24) is 5.32 Å². The molecule has 0 radical (unpaired) electrons. The van der Waals surface area contributed by atoms with Crippen molar-refractivity contribution in [2.75, 3.05) is 6.61 Å². The normalized spacial score (nSPS) is 13.1. The Labute approximate surface area is 144 Å². The maximum atomic E-state index is 12.1. The molecule has 1 amide bonds. The van der Waals surface area contributed by atoms with Crippen LogP contribution in [0.4, 0.5) is 0 Å². The Kier molecular flexibility index (Phi) is 5.22. The van der Waals surface area contributed by atoms with Gasteiger partial charge in [-0.2, -0.15) is 5.26 Å². The summed E-state index contributed by atoms with van der Waals surface area (Å²) >= 11 is 0. The van der Waals surface area contributed by atoms with Gasteiger partial charge in [-0.05, 0) is 25.0 Å². The number of nitriles is 1. The molecule has 0 saturated carbocycles. The van der Waals surface area contributed by atoms with Crippen LogP contribution in [0, 0.1) is 17.2 Å². The average molecular weight is 342 g/mol. The topological polar surface area (TPSA) is 109 Å². The van der Waals surface area contributed by atoms with Gasteiger partial charge in [0.2, 0.25) is 0 Å². The Bertz CT molecular complexity index is 910. The molecule has 0 bridgehead atoms. The van der Waals surface area contributed by atoms with Crippen molar-refractivity contribution in [3.8, 4) is 6.07 Å². The van der Waals surface area contributed by atoms with Crippen molar-refractivity contribution in [1.29, 1.82) is 5.26 Å². The Balaban J connectivity index is 2.08. The summed E-state index contributed by atoms with van der Waals surface area (Å²) in [7, 11) is 0. The fourth-order valence-electron chi connectivity index (χ4n) is 2.04. The molecule has 0 unspecified atom stereocenters. The van der Waals surface area contributed by atoms with Crippen LogP contribution in [0.1, 0.15) is 31.1 Å². The van der Waals surface area contributed by atoms with Gasteiger partial charge >= 0.3 is 11.6 Å². The molecule has 2 rings (SSSR count). The molecule has 1 aromatic heterocycles. The van der Waals surface area contributed by atoms with Crippen LogP contribution in [0.25, 0.3) is 11.0 Å². The lowest BCUT2D eigenvalue weighted by atomic mass is 9.90. The van der Waals surface area contributed by atoms with Gasteiger partial charge in [-0.1, -0.05) is 32.0 Å². The van der Waals surface area contributed by atoms with Gasteiger partial charge in [0.05, 0.1) is 6.07 Å². The highest BCUT2D eigenvalue weighted by molar-refractivity contribution is 5.94. The summed E-state index contributed by atoms with van der Waals surface area (Å²) in [5.74, 6) is -1.72. The third-order valence-corrected chi connectivity index (χ3v) is 3.98. The lowest BCUT2D eigenvalue weighted by Gasteiger charge is -2.27. The number of hydrogen-bond donors (Lipinski definition) is 1. The van der Waals surface area contributed by atoms with Gasteiger partial charge < -0.3 is 14.5 Å². The number of hydrogen-bond acceptors (Lipinski definition) is 6. The average Bonchev–Trinajstić information content (AvgIpc) is 2.58. The van der Waals surface area contributed by atoms with E-state index in [1.54, 1.807) is 45.0 Å². The zero-order chi connectivity index (χ0) is 18.6. The van der Waals surface area contributed by atoms with Crippen molar-refractivity contribution in [3.05, 3.63) is 46.3 Å². The van der Waals surface area contributed by atoms with E-state index in [9.17, 15) is 19.6 Å². The lowest BCUT2D eigenvalue weighted by molar-refractivity contribution is -0.125. The van der Waals surface area contributed by atoms with Crippen molar-refractivity contribution in [3.63, 3.8) is 0 Å². The van der Waals surface area contributed by atoms with Crippen LogP contribution in [-0.2, 0) is 9.53 Å². The van der Waals surface area contributed by atoms with E-state index in [2.05, 4.69) is 5.32 Å². The summed E-state index contributed by atoms with van der Waals surface area (Å²) in [5, 5.41) is 12.3. The minimum absolute atomic E-state index is 0.135. The third kappa shape index (κ3) is 4.04. The predicted octanol–water partition coefficient (Wildman–Crippen LogP) is 2.00. The Morgan fingerprint density at radius 3 is 2.68 bits per heavy atom. The van der Waals surface area contributed by atoms with Crippen LogP contribution in [0.5, 0.6) is 0 Å². The van der Waals surface area contributed by atoms with E-state index in [4.69, 9.17) is 9.15 Å². The van der Waals surface area contributed by atoms with Crippen molar-refractivity contribution >= 4 is 22.8 Å². The second kappa shape index (κ2) is 7.18. The Morgan fingerprint density at radius 2 is 2.04 bits per heavy atom. The highest BCUT2D eigenvalue weighted by Crippen LogP contribution is 2.15. The second-order valence-corrected chi connectivity index (χ2v) is 6.08. The molecule has 2 aromatic rings. The quantitative estimate of drug-likeness (QED) is 0.657. The molecule has 0 aliphatic carbocycles. The maximum Gasteiger partial charge on any atom is 0.351 e. The second-order valence-electron chi connectivity index (χ2n) is 6.08. The maximum absolute atomic E-state index is 12.1. The van der Waals surface area contributed by atoms with E-state index in [0.29, 0.717) is 11.0 Å². The number of esters is 1. The van der Waals surface area contributed by atoms with Gasteiger partial charge in [0.15, 0.2) is 6.61 Å². The van der Waals surface area contributed by atoms with Crippen LogP contribution in [0.2, 0.25) is 0 Å². The molecular formula is C18H18N2O5. The molecule has 7 nitrogen and oxygen atoms in total. The lowest BCUT2D eigenvalue weighted by Crippen LogP contribution is -2.50. The first kappa shape index (κ1) is 18.2. The highest BCUT2D eigenvalue weighted by atomic mass is 16.5. The minimum atomic E-state index is -1.08. The molecule has 1 heterocycles. The van der Waals surface area contributed by atoms with Gasteiger partial charge in [0.25, 0.3) is 5.91 Å². The van der Waals surface area contributed by atoms with E-state index >= 15 is 0 Å². The summed E-state index contributed by atoms with van der Waals surface area (Å²) in [4.78, 5) is 35.8. The third-order valence-electron chi connectivity index (χ3n) is 3.98. The summed E-state index contributed by atoms with van der Waals surface area (Å²) in [6.45, 7) is 4.55. The molecule has 130 valence electrons. The number of carbonyl (C=O) groups excluding carboxylic acids is 2. The van der Waals surface area contributed by atoms with Crippen molar-refractivity contribution in [2.24, 2.45) is 5.92 Å². The first-order chi connectivity index (χ1) is 11.8. The van der Waals surface area contributed by atoms with Gasteiger partial charge in [0.1, 0.15) is 16.7 Å². The van der Waals surface area contributed by atoms with Crippen LogP contribution >= 0.6 is 0 Å². The summed E-state index contributed by atoms with van der Waals surface area (Å²) in [5.41, 5.74) is -1.86. The SMILES string of the molecule is CC(C)[C@@](C)(C#N)NC(=O)COC(=O)c1cc2ccccc2oc1=O. The number of para-hydroxylation sites is 1. The van der Waals surface area contributed by atoms with E-state index in [0.717, 1.165) is 0 Å². The van der Waals surface area contributed by atoms with Gasteiger partial charge in [-0.3, -0.25) is 4.79 Å². The number of ether oxygens (including phenoxy) is 1. The predicted molar refractivity (Wildman–Crippen MR) is 89.8 cm³/mol. The number of nitrogens with one attached hydrogen (secondary N) is 1. The fourth-order valence-corrected chi connectivity index (χ4v) is 2.04. The molecule has 0 saturated heterocycles. The standard InChI is InChI=1S/C18H18N2O5/c1-11(2)18(3,10-19)20-15(21)9-24-16(22)13-8-12-6-4-5-7-14(12)25-17(13)23/h4-8,11H,9H2,1-3H3,(H,20,21)/t18-/m1/s1. The largest absolute Gasteiger partial charge is 0.452 e. The van der Waals surface area contributed by atoms with E-state index in [-0.39, 0.29) is 11.5 Å². The number of benzene rings is 1. The smallest absolute Gasteiger partial charge is 0.351 e. The van der Waals surface area contributed by atoms with Crippen LogP contribution in [0.15, 0.2) is 39.5 Å². The van der Waals surface area contributed by atoms with Gasteiger partial charge in [0, 0.05) is 5.39 Å². The molecule has 0 aliphatic heterocycles. The summed E-state index contributed by atoms with van der Waals surface area (Å²) in [6, 6.07) is 10.1. The number of nitrogens with zero attached hydrogens (tertiary/aromatic N) is 1. The van der Waals surface area contributed by atoms with E-state index in [1.165, 1.54) is 6.07 Å². The zero-order valence-corrected chi connectivity index (χ0v) is 14.2. The molecule has 1 N–H and O–H groups in total. The Morgan fingerprint density at radius 1 is 1.36 bits per heavy atom. The van der Waals surface area contributed by atoms with Crippen molar-refractivity contribution in [2.45, 2.75) is 26.3 Å². The Hall–Kier alpha value is -3.14. The first-order valence-corrected chi connectivity index (χ1v) is 7.69. The molecule has 0 fully saturated rings. The van der Waals surface area contributed by atoms with Crippen LogP contribution in [0.3, 0.4) is 0 Å². The fraction of sp³-hybridized carbons (Fsp3) is 0.333. The molecule has 7 heteroatoms. The van der Waals surface area contributed by atoms with Crippen LogP contribution < -0.4 is 10.9 Å². The molecular weight excluding hydrogens is 324 g/mol. The van der Waals surface area contributed by atoms with Crippen molar-refractivity contribution < 1.29 is 18.7 Å². The van der Waals surface area contributed by atoms with E-state index < -0.39 is 29.6 Å². The molecule has 0 spiro atoms. The minimum Gasteiger partial charge on any atom is -0.452 e. The number of amides is 1. The molecule has 1 aromatic carbocycles. The van der Waals surface area contributed by atoms with Gasteiger partial charge in [-0.15, -0.1) is 0 Å². The molecule has 25 heavy (non-hydrogen) atoms. The molecule has 1 atom stereocenters. The summed E-state index contributed by atoms with van der Waals surface area (Å²) in [6.07, 6.45) is 0. The highest BCUT2D eigenvalue weighted by Gasteiger charge is 2.30. The van der Waals surface area contributed by atoms with Gasteiger partial charge in [-0.25, -0.2) is 9.59 Å². The monoisotopic (exact) mass is 342 g/mol. The number of fused-ring (bicyclic) bond motifs is 1. The van der Waals surface area contributed by atoms with Crippen LogP contribution in [-0.4, -0.2) is 24.0 Å². The number of carbonyl (C=O) groups is 2.